The molecule has 0 aliphatic carbocycles. The molecule has 4 rings (SSSR count). The lowest BCUT2D eigenvalue weighted by atomic mass is 9.89. The van der Waals surface area contributed by atoms with Gasteiger partial charge in [-0.25, -0.2) is 4.79 Å². The molecule has 5 N–H and O–H groups in total. The van der Waals surface area contributed by atoms with Crippen LogP contribution in [0.5, 0.6) is 0 Å². The van der Waals surface area contributed by atoms with Gasteiger partial charge in [-0.1, -0.05) is 0 Å². The minimum atomic E-state index is -1.37. The van der Waals surface area contributed by atoms with Crippen LogP contribution in [0.3, 0.4) is 0 Å². The normalized spacial score (nSPS) is 11.2. The van der Waals surface area contributed by atoms with Crippen LogP contribution in [-0.2, 0) is 0 Å². The highest BCUT2D eigenvalue weighted by molar-refractivity contribution is 5.96. The third-order valence-electron chi connectivity index (χ3n) is 5.22. The van der Waals surface area contributed by atoms with Crippen molar-refractivity contribution in [1.29, 1.82) is 0 Å². The molecule has 164 valence electrons. The molecule has 3 heterocycles. The van der Waals surface area contributed by atoms with Crippen LogP contribution in [0.15, 0.2) is 44.3 Å². The molecule has 4 aromatic rings. The van der Waals surface area contributed by atoms with Crippen molar-refractivity contribution in [2.75, 3.05) is 0 Å². The molecule has 12 heteroatoms. The van der Waals surface area contributed by atoms with Crippen molar-refractivity contribution in [1.82, 2.24) is 20.4 Å². The van der Waals surface area contributed by atoms with Gasteiger partial charge in [-0.05, 0) is 32.0 Å². The molecule has 0 unspecified atom stereocenters. The number of aryl methyl sites for hydroxylation is 2. The van der Waals surface area contributed by atoms with Gasteiger partial charge in [0.1, 0.15) is 11.5 Å². The second-order valence-electron chi connectivity index (χ2n) is 7.16. The Bertz CT molecular complexity index is 1410. The van der Waals surface area contributed by atoms with Crippen molar-refractivity contribution < 1.29 is 19.2 Å². The van der Waals surface area contributed by atoms with Gasteiger partial charge in [-0.15, -0.1) is 0 Å². The highest BCUT2D eigenvalue weighted by Crippen LogP contribution is 2.36. The van der Waals surface area contributed by atoms with Gasteiger partial charge in [0, 0.05) is 29.1 Å². The summed E-state index contributed by atoms with van der Waals surface area (Å²) in [7, 11) is 0. The Morgan fingerprint density at radius 2 is 1.59 bits per heavy atom. The van der Waals surface area contributed by atoms with E-state index in [-0.39, 0.29) is 39.5 Å². The maximum Gasteiger partial charge on any atom is 0.336 e. The summed E-state index contributed by atoms with van der Waals surface area (Å²) >= 11 is 0. The number of nitro benzene ring substituents is 1. The molecule has 0 bridgehead atoms. The summed E-state index contributed by atoms with van der Waals surface area (Å²) in [5.74, 6) is -1.92. The van der Waals surface area contributed by atoms with E-state index < -0.39 is 27.9 Å². The zero-order chi connectivity index (χ0) is 23.2. The van der Waals surface area contributed by atoms with E-state index in [0.29, 0.717) is 11.4 Å². The predicted molar refractivity (Wildman–Crippen MR) is 111 cm³/mol. The number of H-pyrrole nitrogens is 4. The molecular formula is C20H17N5O7. The molecule has 0 atom stereocenters. The van der Waals surface area contributed by atoms with Gasteiger partial charge in [-0.3, -0.25) is 29.9 Å². The molecule has 12 nitrogen and oxygen atoms in total. The molecule has 0 spiro atoms. The van der Waals surface area contributed by atoms with E-state index in [1.165, 1.54) is 24.3 Å². The van der Waals surface area contributed by atoms with Crippen LogP contribution in [0, 0.1) is 24.0 Å². The first-order valence-corrected chi connectivity index (χ1v) is 9.35. The summed E-state index contributed by atoms with van der Waals surface area (Å²) in [5, 5.41) is 31.0. The van der Waals surface area contributed by atoms with Crippen LogP contribution in [0.25, 0.3) is 11.3 Å². The number of carbonyl (C=O) groups is 1. The Balaban J connectivity index is 1.91. The van der Waals surface area contributed by atoms with Crippen LogP contribution < -0.4 is 11.1 Å². The summed E-state index contributed by atoms with van der Waals surface area (Å²) in [6.45, 7) is 3.33. The summed E-state index contributed by atoms with van der Waals surface area (Å²) in [6, 6.07) is 6.41. The third-order valence-corrected chi connectivity index (χ3v) is 5.22. The highest BCUT2D eigenvalue weighted by Gasteiger charge is 2.31. The molecular weight excluding hydrogens is 422 g/mol. The van der Waals surface area contributed by atoms with Gasteiger partial charge < -0.3 is 19.7 Å². The summed E-state index contributed by atoms with van der Waals surface area (Å²) < 4.78 is 5.92. The molecule has 0 fully saturated rings. The number of benzene rings is 1. The summed E-state index contributed by atoms with van der Waals surface area (Å²) in [5.41, 5.74) is 0.0795. The average Bonchev–Trinajstić information content (AvgIpc) is 3.45. The minimum absolute atomic E-state index is 0.117. The first-order valence-electron chi connectivity index (χ1n) is 9.35. The Kier molecular flexibility index (Phi) is 4.89. The molecule has 1 aromatic carbocycles. The van der Waals surface area contributed by atoms with E-state index in [0.717, 1.165) is 6.07 Å². The fourth-order valence-electron chi connectivity index (χ4n) is 3.73. The molecule has 3 aromatic heterocycles. The van der Waals surface area contributed by atoms with E-state index in [9.17, 15) is 29.6 Å². The fraction of sp³-hybridized carbons (Fsp3) is 0.150. The first-order chi connectivity index (χ1) is 15.2. The van der Waals surface area contributed by atoms with Crippen molar-refractivity contribution in [3.63, 3.8) is 0 Å². The quantitative estimate of drug-likeness (QED) is 0.225. The molecule has 0 aliphatic rings. The van der Waals surface area contributed by atoms with Gasteiger partial charge in [0.15, 0.2) is 0 Å². The number of nitro groups is 1. The number of carboxylic acids is 1. The van der Waals surface area contributed by atoms with Crippen molar-refractivity contribution in [2.24, 2.45) is 0 Å². The van der Waals surface area contributed by atoms with Gasteiger partial charge in [-0.2, -0.15) is 0 Å². The van der Waals surface area contributed by atoms with E-state index >= 15 is 0 Å². The maximum atomic E-state index is 12.5. The Hall–Kier alpha value is -4.61. The molecule has 32 heavy (non-hydrogen) atoms. The lowest BCUT2D eigenvalue weighted by Gasteiger charge is -2.13. The average molecular weight is 439 g/mol. The Labute approximate surface area is 178 Å². The van der Waals surface area contributed by atoms with Crippen LogP contribution in [0.1, 0.15) is 44.6 Å². The first kappa shape index (κ1) is 20.7. The van der Waals surface area contributed by atoms with E-state index in [1.807, 2.05) is 0 Å². The number of non-ortho nitro benzene ring substituents is 1. The van der Waals surface area contributed by atoms with E-state index in [4.69, 9.17) is 4.42 Å². The number of nitrogens with zero attached hydrogens (tertiary/aromatic N) is 1. The number of aromatic nitrogens is 4. The number of hydrogen-bond acceptors (Lipinski definition) is 6. The van der Waals surface area contributed by atoms with Crippen molar-refractivity contribution >= 4 is 11.7 Å². The molecule has 0 saturated carbocycles. The SMILES string of the molecule is Cc1[nH][nH]c(=O)c1C(c1ccc(-c2ccc([N+](=O)[O-])cc2C(=O)O)o1)c1c(C)[nH][nH]c1=O. The number of nitrogens with one attached hydrogen (secondary N) is 4. The number of hydrogen-bond donors (Lipinski definition) is 5. The highest BCUT2D eigenvalue weighted by atomic mass is 16.6. The maximum absolute atomic E-state index is 12.5. The van der Waals surface area contributed by atoms with Crippen LogP contribution >= 0.6 is 0 Å². The number of rotatable bonds is 6. The zero-order valence-electron chi connectivity index (χ0n) is 16.8. The fourth-order valence-corrected chi connectivity index (χ4v) is 3.73. The topological polar surface area (TPSA) is 191 Å². The number of furan rings is 1. The predicted octanol–water partition coefficient (Wildman–Crippen LogP) is 2.38. The largest absolute Gasteiger partial charge is 0.478 e. The van der Waals surface area contributed by atoms with Crippen molar-refractivity contribution in [3.8, 4) is 11.3 Å². The lowest BCUT2D eigenvalue weighted by Crippen LogP contribution is -2.19. The number of aromatic amines is 4. The van der Waals surface area contributed by atoms with Crippen LogP contribution in [0.4, 0.5) is 5.69 Å². The lowest BCUT2D eigenvalue weighted by molar-refractivity contribution is -0.384. The monoisotopic (exact) mass is 439 g/mol. The standard InChI is InChI=1S/C20H17N5O7/c1-8-15(18(26)23-21-8)17(16-9(2)22-24-19(16)27)14-6-5-13(32-14)11-4-3-10(25(30)31)7-12(11)20(28)29/h3-7,17H,1-2H3,(H,28,29)(H2,21,23,26)(H2,22,24,27). The second-order valence-corrected chi connectivity index (χ2v) is 7.16. The van der Waals surface area contributed by atoms with E-state index in [2.05, 4.69) is 20.4 Å². The third kappa shape index (κ3) is 3.33. The number of carboxylic acid groups (broad SMARTS) is 1. The van der Waals surface area contributed by atoms with E-state index in [1.54, 1.807) is 13.8 Å². The van der Waals surface area contributed by atoms with Gasteiger partial charge in [0.25, 0.3) is 16.8 Å². The smallest absolute Gasteiger partial charge is 0.336 e. The van der Waals surface area contributed by atoms with Crippen LogP contribution in [-0.4, -0.2) is 36.4 Å². The van der Waals surface area contributed by atoms with Gasteiger partial charge in [0.2, 0.25) is 0 Å². The molecule has 0 aliphatic heterocycles. The molecule has 0 amide bonds. The Morgan fingerprint density at radius 3 is 2.06 bits per heavy atom. The minimum Gasteiger partial charge on any atom is -0.478 e. The molecule has 0 saturated heterocycles. The van der Waals surface area contributed by atoms with Crippen LogP contribution in [0.2, 0.25) is 0 Å². The van der Waals surface area contributed by atoms with Crippen molar-refractivity contribution in [3.05, 3.63) is 95.0 Å². The summed E-state index contributed by atoms with van der Waals surface area (Å²) in [4.78, 5) is 47.0. The summed E-state index contributed by atoms with van der Waals surface area (Å²) in [6.07, 6.45) is 0. The van der Waals surface area contributed by atoms with Gasteiger partial charge >= 0.3 is 5.97 Å². The van der Waals surface area contributed by atoms with Crippen molar-refractivity contribution in [2.45, 2.75) is 19.8 Å². The van der Waals surface area contributed by atoms with Gasteiger partial charge in [0.05, 0.1) is 27.5 Å². The Morgan fingerprint density at radius 1 is 1.00 bits per heavy atom. The second kappa shape index (κ2) is 7.58. The molecule has 0 radical (unpaired) electrons. The zero-order valence-corrected chi connectivity index (χ0v) is 16.8. The number of aromatic carboxylic acids is 1.